The summed E-state index contributed by atoms with van der Waals surface area (Å²) in [7, 11) is 0. The van der Waals surface area contributed by atoms with E-state index in [-0.39, 0.29) is 0 Å². The lowest BCUT2D eigenvalue weighted by atomic mass is 10.1. The fourth-order valence-corrected chi connectivity index (χ4v) is 1.21. The van der Waals surface area contributed by atoms with Gasteiger partial charge in [-0.05, 0) is 25.0 Å². The monoisotopic (exact) mass is 149 g/mol. The van der Waals surface area contributed by atoms with Gasteiger partial charge in [0, 0.05) is 24.2 Å². The Hall–Kier alpha value is -1.05. The van der Waals surface area contributed by atoms with Crippen molar-refractivity contribution in [3.8, 4) is 0 Å². The van der Waals surface area contributed by atoms with Crippen molar-refractivity contribution < 1.29 is 4.79 Å². The number of carbonyl (C=O) groups excluding carboxylic acids is 1. The molecule has 0 atom stereocenters. The zero-order chi connectivity index (χ0) is 7.68. The molecule has 1 fully saturated rings. The van der Waals surface area contributed by atoms with Gasteiger partial charge in [0.25, 0.3) is 0 Å². The average molecular weight is 149 g/mol. The molecule has 58 valence electrons. The highest BCUT2D eigenvalue weighted by Crippen LogP contribution is 2.30. The van der Waals surface area contributed by atoms with Crippen LogP contribution in [0.25, 0.3) is 0 Å². The summed E-state index contributed by atoms with van der Waals surface area (Å²) in [5, 5.41) is 0. The fourth-order valence-electron chi connectivity index (χ4n) is 1.21. The largest absolute Gasteiger partial charge is 0.365 e. The molecule has 1 N–H and O–H groups in total. The minimum Gasteiger partial charge on any atom is -0.365 e. The van der Waals surface area contributed by atoms with Crippen molar-refractivity contribution in [2.45, 2.75) is 19.3 Å². The normalized spacial score (nSPS) is 16.7. The number of carbonyl (C=O) groups is 1. The van der Waals surface area contributed by atoms with Gasteiger partial charge in [0.1, 0.15) is 5.78 Å². The zero-order valence-electron chi connectivity index (χ0n) is 6.34. The van der Waals surface area contributed by atoms with E-state index in [1.807, 2.05) is 18.3 Å². The number of hydrogen-bond acceptors (Lipinski definition) is 1. The van der Waals surface area contributed by atoms with Crippen molar-refractivity contribution in [1.29, 1.82) is 0 Å². The SMILES string of the molecule is O=C(Cc1ccc[nH]1)C1CC1. The molecule has 0 saturated heterocycles. The van der Waals surface area contributed by atoms with Gasteiger partial charge in [-0.2, -0.15) is 0 Å². The molecule has 1 aliphatic carbocycles. The van der Waals surface area contributed by atoms with E-state index in [4.69, 9.17) is 0 Å². The highest BCUT2D eigenvalue weighted by atomic mass is 16.1. The number of ketones is 1. The topological polar surface area (TPSA) is 32.9 Å². The first-order valence-electron chi connectivity index (χ1n) is 4.01. The maximum absolute atomic E-state index is 11.3. The third kappa shape index (κ3) is 1.50. The molecule has 0 unspecified atom stereocenters. The van der Waals surface area contributed by atoms with Crippen LogP contribution in [0, 0.1) is 5.92 Å². The molecule has 1 aromatic heterocycles. The van der Waals surface area contributed by atoms with Gasteiger partial charge in [0.2, 0.25) is 0 Å². The molecule has 1 saturated carbocycles. The third-order valence-electron chi connectivity index (χ3n) is 2.06. The minimum atomic E-state index is 0.387. The van der Waals surface area contributed by atoms with Gasteiger partial charge < -0.3 is 4.98 Å². The second-order valence-electron chi connectivity index (χ2n) is 3.11. The van der Waals surface area contributed by atoms with Crippen molar-refractivity contribution in [3.63, 3.8) is 0 Å². The fraction of sp³-hybridized carbons (Fsp3) is 0.444. The standard InChI is InChI=1S/C9H11NO/c11-9(7-3-4-7)6-8-2-1-5-10-8/h1-2,5,7,10H,3-4,6H2. The first kappa shape index (κ1) is 6.65. The molecule has 0 bridgehead atoms. The predicted octanol–water partition coefficient (Wildman–Crippen LogP) is 1.54. The summed E-state index contributed by atoms with van der Waals surface area (Å²) in [6, 6.07) is 3.88. The van der Waals surface area contributed by atoms with Gasteiger partial charge in [-0.25, -0.2) is 0 Å². The molecule has 2 nitrogen and oxygen atoms in total. The lowest BCUT2D eigenvalue weighted by Gasteiger charge is -1.93. The van der Waals surface area contributed by atoms with Crippen molar-refractivity contribution >= 4 is 5.78 Å². The van der Waals surface area contributed by atoms with E-state index in [2.05, 4.69) is 4.98 Å². The molecular weight excluding hydrogens is 138 g/mol. The quantitative estimate of drug-likeness (QED) is 0.694. The van der Waals surface area contributed by atoms with Crippen molar-refractivity contribution in [2.75, 3.05) is 0 Å². The Kier molecular flexibility index (Phi) is 1.53. The highest BCUT2D eigenvalue weighted by molar-refractivity contribution is 5.84. The van der Waals surface area contributed by atoms with Gasteiger partial charge in [0.15, 0.2) is 0 Å². The van der Waals surface area contributed by atoms with Crippen molar-refractivity contribution in [2.24, 2.45) is 5.92 Å². The lowest BCUT2D eigenvalue weighted by molar-refractivity contribution is -0.119. The molecule has 0 aromatic carbocycles. The Balaban J connectivity index is 1.94. The molecule has 11 heavy (non-hydrogen) atoms. The van der Waals surface area contributed by atoms with E-state index < -0.39 is 0 Å². The smallest absolute Gasteiger partial charge is 0.141 e. The van der Waals surface area contributed by atoms with Gasteiger partial charge in [-0.3, -0.25) is 4.79 Å². The number of aromatic nitrogens is 1. The van der Waals surface area contributed by atoms with Gasteiger partial charge in [0.05, 0.1) is 0 Å². The molecule has 0 amide bonds. The first-order valence-corrected chi connectivity index (χ1v) is 4.01. The Morgan fingerprint density at radius 3 is 3.00 bits per heavy atom. The number of nitrogens with one attached hydrogen (secondary N) is 1. The number of Topliss-reactive ketones (excluding diaryl/α,β-unsaturated/α-hetero) is 1. The number of hydrogen-bond donors (Lipinski definition) is 1. The van der Waals surface area contributed by atoms with Crippen LogP contribution in [0.3, 0.4) is 0 Å². The average Bonchev–Trinajstić information content (AvgIpc) is 2.73. The van der Waals surface area contributed by atoms with Crippen molar-refractivity contribution in [1.82, 2.24) is 4.98 Å². The Morgan fingerprint density at radius 2 is 2.45 bits per heavy atom. The molecule has 0 spiro atoms. The second-order valence-corrected chi connectivity index (χ2v) is 3.11. The van der Waals surface area contributed by atoms with E-state index in [1.165, 1.54) is 0 Å². The second kappa shape index (κ2) is 2.53. The summed E-state index contributed by atoms with van der Waals surface area (Å²) in [5.74, 6) is 0.783. The van der Waals surface area contributed by atoms with Crippen molar-refractivity contribution in [3.05, 3.63) is 24.0 Å². The van der Waals surface area contributed by atoms with Gasteiger partial charge in [-0.1, -0.05) is 0 Å². The van der Waals surface area contributed by atoms with E-state index >= 15 is 0 Å². The highest BCUT2D eigenvalue weighted by Gasteiger charge is 2.29. The van der Waals surface area contributed by atoms with Crippen LogP contribution in [0.5, 0.6) is 0 Å². The molecule has 2 heteroatoms. The third-order valence-corrected chi connectivity index (χ3v) is 2.06. The molecule has 2 rings (SSSR count). The molecular formula is C9H11NO. The van der Waals surface area contributed by atoms with Crippen LogP contribution in [0.1, 0.15) is 18.5 Å². The molecule has 1 aromatic rings. The summed E-state index contributed by atoms with van der Waals surface area (Å²) < 4.78 is 0. The Bertz CT molecular complexity index is 247. The number of H-pyrrole nitrogens is 1. The maximum Gasteiger partial charge on any atom is 0.141 e. The number of rotatable bonds is 3. The summed E-state index contributed by atoms with van der Waals surface area (Å²) >= 11 is 0. The minimum absolute atomic E-state index is 0.387. The zero-order valence-corrected chi connectivity index (χ0v) is 6.34. The summed E-state index contributed by atoms with van der Waals surface area (Å²) in [5.41, 5.74) is 1.04. The van der Waals surface area contributed by atoms with Crippen LogP contribution in [0.4, 0.5) is 0 Å². The lowest BCUT2D eigenvalue weighted by Crippen LogP contribution is -2.04. The molecule has 1 heterocycles. The van der Waals surface area contributed by atoms with Gasteiger partial charge in [-0.15, -0.1) is 0 Å². The Morgan fingerprint density at radius 1 is 1.64 bits per heavy atom. The van der Waals surface area contributed by atoms with Crippen LogP contribution in [-0.4, -0.2) is 10.8 Å². The number of aromatic amines is 1. The Labute approximate surface area is 65.6 Å². The molecule has 1 aliphatic rings. The maximum atomic E-state index is 11.3. The van der Waals surface area contributed by atoms with E-state index in [0.717, 1.165) is 18.5 Å². The predicted molar refractivity (Wildman–Crippen MR) is 42.2 cm³/mol. The summed E-state index contributed by atoms with van der Waals surface area (Å²) in [6.45, 7) is 0. The summed E-state index contributed by atoms with van der Waals surface area (Å²) in [4.78, 5) is 14.3. The van der Waals surface area contributed by atoms with Crippen LogP contribution < -0.4 is 0 Å². The van der Waals surface area contributed by atoms with Crippen LogP contribution in [0.2, 0.25) is 0 Å². The first-order chi connectivity index (χ1) is 5.36. The molecule has 0 aliphatic heterocycles. The van der Waals surface area contributed by atoms with E-state index in [0.29, 0.717) is 18.1 Å². The van der Waals surface area contributed by atoms with E-state index in [1.54, 1.807) is 0 Å². The summed E-state index contributed by atoms with van der Waals surface area (Å²) in [6.07, 6.45) is 4.67. The van der Waals surface area contributed by atoms with E-state index in [9.17, 15) is 4.79 Å². The molecule has 0 radical (unpaired) electrons. The van der Waals surface area contributed by atoms with Crippen LogP contribution in [0.15, 0.2) is 18.3 Å². The van der Waals surface area contributed by atoms with Gasteiger partial charge >= 0.3 is 0 Å². The van der Waals surface area contributed by atoms with Crippen LogP contribution >= 0.6 is 0 Å². The van der Waals surface area contributed by atoms with Crippen LogP contribution in [-0.2, 0) is 11.2 Å².